The van der Waals surface area contributed by atoms with Crippen LogP contribution in [-0.4, -0.2) is 38.7 Å². The maximum absolute atomic E-state index is 12.6. The van der Waals surface area contributed by atoms with Crippen molar-refractivity contribution in [2.45, 2.75) is 12.8 Å². The molecule has 0 saturated heterocycles. The van der Waals surface area contributed by atoms with E-state index in [9.17, 15) is 12.3 Å². The molecular weight excluding hydrogens is 279 g/mol. The molecule has 1 aromatic heterocycles. The SMILES string of the molecule is COc1nscc1N(CCS(=O)(=O)F)CC1CC1. The zero-order chi connectivity index (χ0) is 13.2. The zero-order valence-corrected chi connectivity index (χ0v) is 11.6. The first kappa shape index (κ1) is 13.5. The molecule has 102 valence electrons. The fraction of sp³-hybridized carbons (Fsp3) is 0.700. The second kappa shape index (κ2) is 5.40. The van der Waals surface area contributed by atoms with Crippen LogP contribution in [0.4, 0.5) is 9.57 Å². The molecular formula is C10H15FN2O3S2. The summed E-state index contributed by atoms with van der Waals surface area (Å²) in [5.41, 5.74) is 0.748. The number of halogens is 1. The van der Waals surface area contributed by atoms with E-state index in [2.05, 4.69) is 4.37 Å². The van der Waals surface area contributed by atoms with Crippen LogP contribution in [-0.2, 0) is 10.2 Å². The van der Waals surface area contributed by atoms with Crippen molar-refractivity contribution in [1.29, 1.82) is 0 Å². The Kier molecular flexibility index (Phi) is 4.06. The van der Waals surface area contributed by atoms with Crippen LogP contribution in [0.15, 0.2) is 5.38 Å². The van der Waals surface area contributed by atoms with Gasteiger partial charge in [-0.15, -0.1) is 3.89 Å². The molecule has 8 heteroatoms. The average molecular weight is 294 g/mol. The Labute approximate surface area is 110 Å². The minimum atomic E-state index is -4.44. The first-order valence-corrected chi connectivity index (χ1v) is 8.04. The van der Waals surface area contributed by atoms with Crippen LogP contribution < -0.4 is 9.64 Å². The van der Waals surface area contributed by atoms with Crippen LogP contribution in [0.2, 0.25) is 0 Å². The number of hydrogen-bond acceptors (Lipinski definition) is 6. The minimum Gasteiger partial charge on any atom is -0.479 e. The molecule has 1 aliphatic carbocycles. The molecule has 0 aromatic carbocycles. The smallest absolute Gasteiger partial charge is 0.304 e. The molecule has 2 rings (SSSR count). The van der Waals surface area contributed by atoms with E-state index >= 15 is 0 Å². The summed E-state index contributed by atoms with van der Waals surface area (Å²) in [6, 6.07) is 0. The lowest BCUT2D eigenvalue weighted by atomic mass is 10.3. The summed E-state index contributed by atoms with van der Waals surface area (Å²) in [5, 5.41) is 1.80. The van der Waals surface area contributed by atoms with Crippen molar-refractivity contribution in [1.82, 2.24) is 4.37 Å². The van der Waals surface area contributed by atoms with E-state index in [0.717, 1.165) is 25.1 Å². The molecule has 1 heterocycles. The predicted octanol–water partition coefficient (Wildman–Crippen LogP) is 1.67. The van der Waals surface area contributed by atoms with E-state index in [1.165, 1.54) is 18.6 Å². The summed E-state index contributed by atoms with van der Waals surface area (Å²) in [6.45, 7) is 0.856. The predicted molar refractivity (Wildman–Crippen MR) is 68.5 cm³/mol. The van der Waals surface area contributed by atoms with Crippen LogP contribution in [0.5, 0.6) is 5.88 Å². The Bertz CT molecular complexity index is 499. The average Bonchev–Trinajstić information content (AvgIpc) is 2.98. The van der Waals surface area contributed by atoms with Crippen LogP contribution in [0, 0.1) is 5.92 Å². The van der Waals surface area contributed by atoms with Crippen molar-refractivity contribution in [2.24, 2.45) is 5.92 Å². The third kappa shape index (κ3) is 3.81. The summed E-state index contributed by atoms with van der Waals surface area (Å²) in [7, 11) is -2.93. The number of ether oxygens (including phenoxy) is 1. The van der Waals surface area contributed by atoms with Crippen LogP contribution in [0.3, 0.4) is 0 Å². The normalized spacial score (nSPS) is 15.7. The second-order valence-corrected chi connectivity index (χ2v) is 6.46. The molecule has 1 fully saturated rings. The summed E-state index contributed by atoms with van der Waals surface area (Å²) >= 11 is 1.24. The molecule has 18 heavy (non-hydrogen) atoms. The number of anilines is 1. The first-order valence-electron chi connectivity index (χ1n) is 5.65. The highest BCUT2D eigenvalue weighted by Crippen LogP contribution is 2.35. The van der Waals surface area contributed by atoms with Crippen LogP contribution >= 0.6 is 11.5 Å². The van der Waals surface area contributed by atoms with Crippen molar-refractivity contribution in [3.63, 3.8) is 0 Å². The highest BCUT2D eigenvalue weighted by Gasteiger charge is 2.27. The van der Waals surface area contributed by atoms with Gasteiger partial charge in [-0.2, -0.15) is 12.8 Å². The fourth-order valence-corrected chi connectivity index (χ4v) is 2.82. The van der Waals surface area contributed by atoms with Crippen molar-refractivity contribution in [3.8, 4) is 5.88 Å². The number of hydrogen-bond donors (Lipinski definition) is 0. The molecule has 1 saturated carbocycles. The van der Waals surface area contributed by atoms with E-state index in [0.29, 0.717) is 11.8 Å². The van der Waals surface area contributed by atoms with Gasteiger partial charge in [0.15, 0.2) is 0 Å². The van der Waals surface area contributed by atoms with Gasteiger partial charge in [-0.05, 0) is 30.3 Å². The number of nitrogens with zero attached hydrogens (tertiary/aromatic N) is 2. The van der Waals surface area contributed by atoms with Gasteiger partial charge >= 0.3 is 10.2 Å². The molecule has 5 nitrogen and oxygen atoms in total. The molecule has 1 aliphatic rings. The first-order chi connectivity index (χ1) is 8.49. The van der Waals surface area contributed by atoms with Crippen molar-refractivity contribution < 1.29 is 17.0 Å². The highest BCUT2D eigenvalue weighted by atomic mass is 32.3. The van der Waals surface area contributed by atoms with Gasteiger partial charge < -0.3 is 9.64 Å². The van der Waals surface area contributed by atoms with Crippen molar-refractivity contribution in [3.05, 3.63) is 5.38 Å². The van der Waals surface area contributed by atoms with Gasteiger partial charge in [0.25, 0.3) is 0 Å². The Morgan fingerprint density at radius 2 is 2.33 bits per heavy atom. The van der Waals surface area contributed by atoms with Gasteiger partial charge in [0, 0.05) is 18.5 Å². The number of methoxy groups -OCH3 is 1. The van der Waals surface area contributed by atoms with Gasteiger partial charge in [0.2, 0.25) is 5.88 Å². The van der Waals surface area contributed by atoms with Gasteiger partial charge in [-0.25, -0.2) is 0 Å². The number of aromatic nitrogens is 1. The minimum absolute atomic E-state index is 0.129. The Hall–Kier alpha value is -0.890. The largest absolute Gasteiger partial charge is 0.479 e. The van der Waals surface area contributed by atoms with E-state index in [4.69, 9.17) is 4.74 Å². The van der Waals surface area contributed by atoms with Crippen LogP contribution in [0.25, 0.3) is 0 Å². The Balaban J connectivity index is 2.08. The van der Waals surface area contributed by atoms with Gasteiger partial charge in [0.05, 0.1) is 12.9 Å². The van der Waals surface area contributed by atoms with E-state index in [1.807, 2.05) is 4.90 Å². The van der Waals surface area contributed by atoms with E-state index in [-0.39, 0.29) is 6.54 Å². The maximum atomic E-state index is 12.6. The molecule has 1 aromatic rings. The topological polar surface area (TPSA) is 59.5 Å². The molecule has 0 unspecified atom stereocenters. The second-order valence-electron chi connectivity index (χ2n) is 4.34. The van der Waals surface area contributed by atoms with Gasteiger partial charge in [0.1, 0.15) is 5.69 Å². The third-order valence-corrected chi connectivity index (χ3v) is 4.10. The standard InChI is InChI=1S/C10H15FN2O3S2/c1-16-10-9(7-17-12-10)13(6-8-2-3-8)4-5-18(11,14)15/h7-8H,2-6H2,1H3. The summed E-state index contributed by atoms with van der Waals surface area (Å²) in [5.74, 6) is 0.535. The lowest BCUT2D eigenvalue weighted by Crippen LogP contribution is -2.30. The van der Waals surface area contributed by atoms with Crippen LogP contribution in [0.1, 0.15) is 12.8 Å². The Morgan fingerprint density at radius 3 is 2.89 bits per heavy atom. The van der Waals surface area contributed by atoms with Crippen molar-refractivity contribution >= 4 is 27.4 Å². The maximum Gasteiger partial charge on any atom is 0.304 e. The monoisotopic (exact) mass is 294 g/mol. The molecule has 0 N–H and O–H groups in total. The molecule has 0 bridgehead atoms. The summed E-state index contributed by atoms with van der Waals surface area (Å²) in [6.07, 6.45) is 2.28. The summed E-state index contributed by atoms with van der Waals surface area (Å²) < 4.78 is 43.1. The number of rotatable bonds is 7. The quantitative estimate of drug-likeness (QED) is 0.716. The van der Waals surface area contributed by atoms with Crippen molar-refractivity contribution in [2.75, 3.05) is 30.9 Å². The van der Waals surface area contributed by atoms with Gasteiger partial charge in [-0.1, -0.05) is 0 Å². The molecule has 0 amide bonds. The zero-order valence-electron chi connectivity index (χ0n) is 10.0. The lowest BCUT2D eigenvalue weighted by Gasteiger charge is -2.23. The molecule has 0 radical (unpaired) electrons. The fourth-order valence-electron chi connectivity index (χ4n) is 1.71. The van der Waals surface area contributed by atoms with Gasteiger partial charge in [-0.3, -0.25) is 0 Å². The summed E-state index contributed by atoms with van der Waals surface area (Å²) in [4.78, 5) is 1.84. The third-order valence-electron chi connectivity index (χ3n) is 2.83. The molecule has 0 spiro atoms. The van der Waals surface area contributed by atoms with E-state index < -0.39 is 16.0 Å². The molecule has 0 aliphatic heterocycles. The lowest BCUT2D eigenvalue weighted by molar-refractivity contribution is 0.402. The highest BCUT2D eigenvalue weighted by molar-refractivity contribution is 7.86. The Morgan fingerprint density at radius 1 is 1.61 bits per heavy atom. The molecule has 0 atom stereocenters. The van der Waals surface area contributed by atoms with E-state index in [1.54, 1.807) is 5.38 Å².